The highest BCUT2D eigenvalue weighted by Gasteiger charge is 2.33. The molecule has 0 aliphatic rings. The van der Waals surface area contributed by atoms with Crippen LogP contribution in [0.25, 0.3) is 11.1 Å². The zero-order valence-electron chi connectivity index (χ0n) is 16.9. The quantitative estimate of drug-likeness (QED) is 0.478. The van der Waals surface area contributed by atoms with E-state index in [-0.39, 0.29) is 17.5 Å². The summed E-state index contributed by atoms with van der Waals surface area (Å²) in [4.78, 5) is 14.7. The number of carboxylic acids is 1. The number of hydrogen-bond acceptors (Lipinski definition) is 3. The molecule has 4 nitrogen and oxygen atoms in total. The summed E-state index contributed by atoms with van der Waals surface area (Å²) in [5, 5.41) is 8.70. The van der Waals surface area contributed by atoms with Crippen LogP contribution in [0, 0.1) is 5.82 Å². The minimum Gasteiger partial charge on any atom is -0.481 e. The average molecular weight is 429 g/mol. The van der Waals surface area contributed by atoms with E-state index in [1.165, 1.54) is 37.6 Å². The molecule has 0 fully saturated rings. The molecule has 0 saturated carbocycles. The first-order valence-electron chi connectivity index (χ1n) is 9.76. The lowest BCUT2D eigenvalue weighted by molar-refractivity contribution is -0.137. The van der Waals surface area contributed by atoms with Crippen molar-refractivity contribution in [2.24, 2.45) is 0 Å². The number of alkyl halides is 2. The van der Waals surface area contributed by atoms with Gasteiger partial charge in [-0.3, -0.25) is 4.79 Å². The number of aryl methyl sites for hydroxylation is 1. The van der Waals surface area contributed by atoms with Crippen molar-refractivity contribution in [3.63, 3.8) is 0 Å². The first kappa shape index (κ1) is 22.3. The molecular weight excluding hydrogens is 407 g/mol. The van der Waals surface area contributed by atoms with E-state index in [1.54, 1.807) is 24.3 Å². The van der Waals surface area contributed by atoms with Crippen LogP contribution in [0.5, 0.6) is 5.88 Å². The van der Waals surface area contributed by atoms with Crippen molar-refractivity contribution in [2.75, 3.05) is 7.11 Å². The summed E-state index contributed by atoms with van der Waals surface area (Å²) in [6.07, 6.45) is 1.79. The molecular formula is C24H22F3NO3. The summed E-state index contributed by atoms with van der Waals surface area (Å²) < 4.78 is 49.0. The maximum absolute atomic E-state index is 15.0. The van der Waals surface area contributed by atoms with Gasteiger partial charge in [-0.2, -0.15) is 0 Å². The third kappa shape index (κ3) is 5.84. The van der Waals surface area contributed by atoms with Crippen molar-refractivity contribution in [2.45, 2.75) is 31.6 Å². The molecule has 0 aliphatic heterocycles. The lowest BCUT2D eigenvalue weighted by Gasteiger charge is -2.19. The number of pyridine rings is 1. The highest BCUT2D eigenvalue weighted by atomic mass is 19.3. The Morgan fingerprint density at radius 1 is 1.10 bits per heavy atom. The Kier molecular flexibility index (Phi) is 6.95. The number of methoxy groups -OCH3 is 1. The Hall–Kier alpha value is -3.35. The minimum atomic E-state index is -3.22. The fourth-order valence-corrected chi connectivity index (χ4v) is 3.35. The van der Waals surface area contributed by atoms with Crippen LogP contribution in [-0.2, 0) is 23.6 Å². The second-order valence-electron chi connectivity index (χ2n) is 7.22. The molecule has 2 aromatic carbocycles. The summed E-state index contributed by atoms with van der Waals surface area (Å²) in [5.74, 6) is -4.31. The standard InChI is InChI=1S/C24H22F3NO3/c1-31-22-12-7-17(15-28-22)21-11-10-20(25)13-18(21)14-24(26,27)19-8-5-16(6-9-19)3-2-4-23(29)30/h5-13,15H,2-4,14H2,1H3,(H,29,30). The predicted octanol–water partition coefficient (Wildman–Crippen LogP) is 5.64. The van der Waals surface area contributed by atoms with E-state index < -0.39 is 24.1 Å². The van der Waals surface area contributed by atoms with Gasteiger partial charge in [0.1, 0.15) is 5.82 Å². The Morgan fingerprint density at radius 3 is 2.45 bits per heavy atom. The van der Waals surface area contributed by atoms with E-state index in [1.807, 2.05) is 0 Å². The Morgan fingerprint density at radius 2 is 1.84 bits per heavy atom. The van der Waals surface area contributed by atoms with Crippen LogP contribution >= 0.6 is 0 Å². The van der Waals surface area contributed by atoms with Gasteiger partial charge in [0.15, 0.2) is 0 Å². The van der Waals surface area contributed by atoms with E-state index in [4.69, 9.17) is 9.84 Å². The van der Waals surface area contributed by atoms with Gasteiger partial charge in [0.2, 0.25) is 5.88 Å². The number of aromatic nitrogens is 1. The molecule has 0 atom stereocenters. The summed E-state index contributed by atoms with van der Waals surface area (Å²) in [6, 6.07) is 12.9. The van der Waals surface area contributed by atoms with E-state index >= 15 is 8.78 Å². The molecule has 1 N–H and O–H groups in total. The third-order valence-corrected chi connectivity index (χ3v) is 4.97. The molecule has 7 heteroatoms. The van der Waals surface area contributed by atoms with Gasteiger partial charge >= 0.3 is 5.97 Å². The zero-order valence-corrected chi connectivity index (χ0v) is 16.9. The van der Waals surface area contributed by atoms with E-state index in [0.29, 0.717) is 29.8 Å². The van der Waals surface area contributed by atoms with E-state index in [9.17, 15) is 9.18 Å². The highest BCUT2D eigenvalue weighted by Crippen LogP contribution is 2.36. The molecule has 0 spiro atoms. The van der Waals surface area contributed by atoms with Crippen LogP contribution < -0.4 is 4.74 Å². The first-order valence-corrected chi connectivity index (χ1v) is 9.76. The number of aliphatic carboxylic acids is 1. The van der Waals surface area contributed by atoms with Gasteiger partial charge in [-0.05, 0) is 47.7 Å². The number of nitrogens with zero attached hydrogens (tertiary/aromatic N) is 1. The van der Waals surface area contributed by atoms with Gasteiger partial charge in [-0.15, -0.1) is 0 Å². The molecule has 0 saturated heterocycles. The monoisotopic (exact) mass is 429 g/mol. The average Bonchev–Trinajstić information content (AvgIpc) is 2.74. The second kappa shape index (κ2) is 9.64. The summed E-state index contributed by atoms with van der Waals surface area (Å²) in [7, 11) is 1.48. The number of benzene rings is 2. The van der Waals surface area contributed by atoms with Gasteiger partial charge < -0.3 is 9.84 Å². The number of carbonyl (C=O) groups is 1. The molecule has 1 heterocycles. The van der Waals surface area contributed by atoms with E-state index in [0.717, 1.165) is 11.6 Å². The van der Waals surface area contributed by atoms with Crippen LogP contribution in [-0.4, -0.2) is 23.2 Å². The van der Waals surface area contributed by atoms with Gasteiger partial charge in [0, 0.05) is 36.2 Å². The lowest BCUT2D eigenvalue weighted by atomic mass is 9.93. The van der Waals surface area contributed by atoms with E-state index in [2.05, 4.69) is 4.98 Å². The summed E-state index contributed by atoms with van der Waals surface area (Å²) >= 11 is 0. The second-order valence-corrected chi connectivity index (χ2v) is 7.22. The molecule has 162 valence electrons. The number of carboxylic acid groups (broad SMARTS) is 1. The highest BCUT2D eigenvalue weighted by molar-refractivity contribution is 5.67. The normalized spacial score (nSPS) is 11.4. The van der Waals surface area contributed by atoms with Crippen molar-refractivity contribution in [1.82, 2.24) is 4.98 Å². The van der Waals surface area contributed by atoms with Crippen LogP contribution in [0.2, 0.25) is 0 Å². The fraction of sp³-hybridized carbons (Fsp3) is 0.250. The van der Waals surface area contributed by atoms with Crippen molar-refractivity contribution in [1.29, 1.82) is 0 Å². The summed E-state index contributed by atoms with van der Waals surface area (Å²) in [5.41, 5.74) is 1.83. The molecule has 3 rings (SSSR count). The van der Waals surface area contributed by atoms with Crippen molar-refractivity contribution in [3.8, 4) is 17.0 Å². The molecule has 0 unspecified atom stereocenters. The lowest BCUT2D eigenvalue weighted by Crippen LogP contribution is -2.17. The first-order chi connectivity index (χ1) is 14.8. The SMILES string of the molecule is COc1ccc(-c2ccc(F)cc2CC(F)(F)c2ccc(CCCC(=O)O)cc2)cn1. The smallest absolute Gasteiger partial charge is 0.303 e. The number of ether oxygens (including phenoxy) is 1. The van der Waals surface area contributed by atoms with Crippen LogP contribution in [0.1, 0.15) is 29.5 Å². The van der Waals surface area contributed by atoms with Crippen LogP contribution in [0.3, 0.4) is 0 Å². The molecule has 0 radical (unpaired) electrons. The molecule has 1 aromatic heterocycles. The Bertz CT molecular complexity index is 1030. The van der Waals surface area contributed by atoms with Crippen LogP contribution in [0.4, 0.5) is 13.2 Å². The van der Waals surface area contributed by atoms with Crippen molar-refractivity contribution >= 4 is 5.97 Å². The Balaban J connectivity index is 1.82. The van der Waals surface area contributed by atoms with Gasteiger partial charge in [-0.25, -0.2) is 18.2 Å². The summed E-state index contributed by atoms with van der Waals surface area (Å²) in [6.45, 7) is 0. The number of halogens is 3. The molecule has 0 bridgehead atoms. The topological polar surface area (TPSA) is 59.4 Å². The maximum atomic E-state index is 15.0. The molecule has 31 heavy (non-hydrogen) atoms. The molecule has 3 aromatic rings. The molecule has 0 amide bonds. The third-order valence-electron chi connectivity index (χ3n) is 4.97. The van der Waals surface area contributed by atoms with Gasteiger partial charge in [0.05, 0.1) is 7.11 Å². The fourth-order valence-electron chi connectivity index (χ4n) is 3.35. The van der Waals surface area contributed by atoms with Crippen molar-refractivity contribution in [3.05, 3.63) is 83.3 Å². The predicted molar refractivity (Wildman–Crippen MR) is 111 cm³/mol. The molecule has 0 aliphatic carbocycles. The van der Waals surface area contributed by atoms with Gasteiger partial charge in [-0.1, -0.05) is 30.3 Å². The number of rotatable bonds is 9. The number of hydrogen-bond donors (Lipinski definition) is 1. The largest absolute Gasteiger partial charge is 0.481 e. The minimum absolute atomic E-state index is 0.0283. The van der Waals surface area contributed by atoms with Crippen molar-refractivity contribution < 1.29 is 27.8 Å². The Labute approximate surface area is 178 Å². The van der Waals surface area contributed by atoms with Crippen LogP contribution in [0.15, 0.2) is 60.8 Å². The van der Waals surface area contributed by atoms with Gasteiger partial charge in [0.25, 0.3) is 5.92 Å². The maximum Gasteiger partial charge on any atom is 0.303 e. The zero-order chi connectivity index (χ0) is 22.4.